The molecule has 0 radical (unpaired) electrons. The first-order valence-electron chi connectivity index (χ1n) is 39.4. The van der Waals surface area contributed by atoms with Gasteiger partial charge in [0.1, 0.15) is 25.4 Å². The zero-order chi connectivity index (χ0) is 75.2. The van der Waals surface area contributed by atoms with Crippen LogP contribution in [0.1, 0.15) is 290 Å². The van der Waals surface area contributed by atoms with Gasteiger partial charge in [-0.1, -0.05) is 287 Å². The SMILES string of the molecule is CC/C=C\C/C=C\C/C=C\C/C=C\C/C=C\C/C=C\CCCCCCCCCCC(=O)OCC(O)COP(=O)(O)OCC(O)COP(=O)(O)OCC(COC(=O)CCCCCCC/C=C\C/C=C\C/C=C\C/C=C\CCCCC)OC(=O)CCCCCCCC/C=C\C/C=C\C/C=C\C/C=C\CC. The normalized spacial score (nSPS) is 14.9. The molecular formula is C85H140O16P2. The quantitative estimate of drug-likeness (QED) is 0.0146. The number of carbonyl (C=O) groups is 3. The number of hydrogen-bond donors (Lipinski definition) is 4. The molecule has 0 amide bonds. The van der Waals surface area contributed by atoms with Gasteiger partial charge in [0.2, 0.25) is 0 Å². The highest BCUT2D eigenvalue weighted by molar-refractivity contribution is 7.47. The summed E-state index contributed by atoms with van der Waals surface area (Å²) in [5.41, 5.74) is 0. The van der Waals surface area contributed by atoms with Gasteiger partial charge in [0.05, 0.1) is 26.4 Å². The summed E-state index contributed by atoms with van der Waals surface area (Å²) in [7, 11) is -9.82. The second-order valence-corrected chi connectivity index (χ2v) is 28.7. The Labute approximate surface area is 624 Å². The van der Waals surface area contributed by atoms with Crippen molar-refractivity contribution in [2.45, 2.75) is 309 Å². The van der Waals surface area contributed by atoms with E-state index in [1.807, 2.05) is 0 Å². The Bertz CT molecular complexity index is 2550. The van der Waals surface area contributed by atoms with Crippen molar-refractivity contribution < 1.29 is 75.8 Å². The zero-order valence-electron chi connectivity index (χ0n) is 63.9. The summed E-state index contributed by atoms with van der Waals surface area (Å²) in [6.07, 6.45) is 96.7. The molecule has 0 aromatic rings. The second-order valence-electron chi connectivity index (χ2n) is 25.7. The van der Waals surface area contributed by atoms with Crippen molar-refractivity contribution in [3.05, 3.63) is 170 Å². The van der Waals surface area contributed by atoms with Gasteiger partial charge in [-0.3, -0.25) is 32.5 Å². The maximum absolute atomic E-state index is 13.0. The number of phosphoric ester groups is 2. The average Bonchev–Trinajstić information content (AvgIpc) is 0.923. The Kier molecular flexibility index (Phi) is 72.8. The third-order valence-electron chi connectivity index (χ3n) is 15.9. The van der Waals surface area contributed by atoms with E-state index in [9.17, 15) is 43.5 Å². The molecule has 0 rings (SSSR count). The van der Waals surface area contributed by atoms with Crippen molar-refractivity contribution in [3.8, 4) is 0 Å². The predicted octanol–water partition coefficient (Wildman–Crippen LogP) is 23.2. The van der Waals surface area contributed by atoms with Crippen LogP contribution in [0.4, 0.5) is 0 Å². The number of unbranched alkanes of at least 4 members (excludes halogenated alkanes) is 22. The third-order valence-corrected chi connectivity index (χ3v) is 17.8. The topological polar surface area (TPSA) is 231 Å². The van der Waals surface area contributed by atoms with Gasteiger partial charge in [0.25, 0.3) is 0 Å². The molecule has 0 bridgehead atoms. The van der Waals surface area contributed by atoms with E-state index in [0.717, 1.165) is 186 Å². The van der Waals surface area contributed by atoms with Crippen LogP contribution in [-0.2, 0) is 55.8 Å². The monoisotopic (exact) mass is 1480 g/mol. The lowest BCUT2D eigenvalue weighted by Gasteiger charge is -2.21. The fraction of sp³-hybridized carbons (Fsp3) is 0.635. The van der Waals surface area contributed by atoms with Crippen molar-refractivity contribution in [1.29, 1.82) is 0 Å². The highest BCUT2D eigenvalue weighted by atomic mass is 31.2. The Balaban J connectivity index is 4.68. The van der Waals surface area contributed by atoms with Gasteiger partial charge in [0.15, 0.2) is 6.10 Å². The molecule has 5 unspecified atom stereocenters. The molecule has 0 aliphatic carbocycles. The van der Waals surface area contributed by atoms with Gasteiger partial charge in [0, 0.05) is 19.3 Å². The van der Waals surface area contributed by atoms with E-state index in [1.165, 1.54) is 44.9 Å². The van der Waals surface area contributed by atoms with Crippen LogP contribution in [0, 0.1) is 0 Å². The molecule has 4 N–H and O–H groups in total. The largest absolute Gasteiger partial charge is 0.472 e. The number of ether oxygens (including phenoxy) is 3. The molecule has 103 heavy (non-hydrogen) atoms. The molecule has 0 aliphatic rings. The fourth-order valence-electron chi connectivity index (χ4n) is 9.96. The molecule has 0 saturated heterocycles. The number of carbonyl (C=O) groups excluding carboxylic acids is 3. The summed E-state index contributed by atoms with van der Waals surface area (Å²) in [6.45, 7) is 2.37. The minimum atomic E-state index is -4.95. The van der Waals surface area contributed by atoms with Crippen LogP contribution in [-0.4, -0.2) is 95.9 Å². The van der Waals surface area contributed by atoms with Gasteiger partial charge in [-0.15, -0.1) is 0 Å². The lowest BCUT2D eigenvalue weighted by molar-refractivity contribution is -0.161. The van der Waals surface area contributed by atoms with Crippen LogP contribution in [0.5, 0.6) is 0 Å². The lowest BCUT2D eigenvalue weighted by Crippen LogP contribution is -2.30. The maximum atomic E-state index is 13.0. The number of allylic oxidation sites excluding steroid dienone is 28. The molecule has 18 heteroatoms. The van der Waals surface area contributed by atoms with Crippen molar-refractivity contribution in [2.24, 2.45) is 0 Å². The minimum Gasteiger partial charge on any atom is -0.463 e. The molecule has 0 aromatic carbocycles. The van der Waals surface area contributed by atoms with Crippen LogP contribution in [0.2, 0.25) is 0 Å². The number of phosphoric acid groups is 2. The van der Waals surface area contributed by atoms with Gasteiger partial charge in [-0.2, -0.15) is 0 Å². The van der Waals surface area contributed by atoms with E-state index in [-0.39, 0.29) is 19.3 Å². The van der Waals surface area contributed by atoms with Crippen LogP contribution in [0.25, 0.3) is 0 Å². The summed E-state index contributed by atoms with van der Waals surface area (Å²) >= 11 is 0. The predicted molar refractivity (Wildman–Crippen MR) is 426 cm³/mol. The van der Waals surface area contributed by atoms with E-state index in [0.29, 0.717) is 19.3 Å². The molecule has 0 saturated carbocycles. The fourth-order valence-corrected chi connectivity index (χ4v) is 11.5. The van der Waals surface area contributed by atoms with Gasteiger partial charge in [-0.05, 0) is 154 Å². The number of hydrogen-bond acceptors (Lipinski definition) is 14. The molecular weight excluding hydrogens is 1340 g/mol. The summed E-state index contributed by atoms with van der Waals surface area (Å²) < 4.78 is 61.2. The lowest BCUT2D eigenvalue weighted by atomic mass is 10.1. The summed E-state index contributed by atoms with van der Waals surface area (Å²) in [5, 5.41) is 20.6. The second kappa shape index (κ2) is 76.6. The van der Waals surface area contributed by atoms with Crippen LogP contribution < -0.4 is 0 Å². The molecule has 0 fully saturated rings. The van der Waals surface area contributed by atoms with E-state index in [2.05, 4.69) is 191 Å². The number of aliphatic hydroxyl groups excluding tert-OH is 2. The molecule has 0 spiro atoms. The smallest absolute Gasteiger partial charge is 0.463 e. The molecule has 5 atom stereocenters. The molecule has 586 valence electrons. The Hall–Kier alpha value is -5.09. The standard InChI is InChI=1S/C85H140O16P2/c1-4-7-10-13-16-19-22-25-28-31-34-36-37-38-39-40-41-43-46-47-50-53-56-59-62-65-68-71-83(88)95-74-80(86)75-97-102(91,92)98-76-81(87)77-99-103(93,94)100-79-82(101-85(90)73-70-67-64-61-58-55-52-49-44-33-30-27-24-21-18-15-12-9-6-3)78-96-84(89)72-69-66-63-60-57-54-51-48-45-42-35-32-29-26-23-20-17-14-11-8-5-2/h7,9-10,12,16-21,25-30,34-36,38-39,41-44,48-49,51,80-82,86-87H,4-6,8,11,13-15,22-24,31-33,37,40,45-47,50,52-79H2,1-3H3,(H,91,92)(H,93,94)/b10-7-,12-9-,19-16-,20-17-,21-18-,28-25-,29-26-,30-27-,36-34-,39-38-,42-35-,43-41-,49-44-,51-48-. The summed E-state index contributed by atoms with van der Waals surface area (Å²) in [4.78, 5) is 58.7. The maximum Gasteiger partial charge on any atom is 0.472 e. The summed E-state index contributed by atoms with van der Waals surface area (Å²) in [6, 6.07) is 0. The van der Waals surface area contributed by atoms with E-state index < -0.39 is 91.5 Å². The van der Waals surface area contributed by atoms with Crippen molar-refractivity contribution in [1.82, 2.24) is 0 Å². The van der Waals surface area contributed by atoms with E-state index in [4.69, 9.17) is 32.3 Å². The van der Waals surface area contributed by atoms with E-state index in [1.54, 1.807) is 0 Å². The average molecular weight is 1480 g/mol. The van der Waals surface area contributed by atoms with Crippen LogP contribution in [0.3, 0.4) is 0 Å². The van der Waals surface area contributed by atoms with Crippen molar-refractivity contribution in [2.75, 3.05) is 39.6 Å². The number of aliphatic hydroxyl groups is 2. The molecule has 0 aromatic heterocycles. The Morgan fingerprint density at radius 2 is 0.515 bits per heavy atom. The van der Waals surface area contributed by atoms with Crippen molar-refractivity contribution in [3.63, 3.8) is 0 Å². The Morgan fingerprint density at radius 3 is 0.816 bits per heavy atom. The molecule has 0 heterocycles. The number of rotatable bonds is 73. The Morgan fingerprint density at radius 1 is 0.282 bits per heavy atom. The number of esters is 3. The highest BCUT2D eigenvalue weighted by Crippen LogP contribution is 2.45. The first kappa shape index (κ1) is 97.9. The van der Waals surface area contributed by atoms with Gasteiger partial charge < -0.3 is 34.2 Å². The van der Waals surface area contributed by atoms with E-state index >= 15 is 0 Å². The summed E-state index contributed by atoms with van der Waals surface area (Å²) in [5.74, 6) is -1.63. The molecule has 0 aliphatic heterocycles. The third kappa shape index (κ3) is 77.8. The van der Waals surface area contributed by atoms with Gasteiger partial charge in [-0.25, -0.2) is 9.13 Å². The van der Waals surface area contributed by atoms with Gasteiger partial charge >= 0.3 is 33.6 Å². The highest BCUT2D eigenvalue weighted by Gasteiger charge is 2.29. The molecule has 16 nitrogen and oxygen atoms in total. The first-order chi connectivity index (χ1) is 50.2. The minimum absolute atomic E-state index is 0.0779. The van der Waals surface area contributed by atoms with Crippen LogP contribution >= 0.6 is 15.6 Å². The van der Waals surface area contributed by atoms with Crippen molar-refractivity contribution >= 4 is 33.6 Å². The first-order valence-corrected chi connectivity index (χ1v) is 42.4. The zero-order valence-corrected chi connectivity index (χ0v) is 65.7. The van der Waals surface area contributed by atoms with Crippen LogP contribution in [0.15, 0.2) is 170 Å².